The zero-order chi connectivity index (χ0) is 13.2. The Balaban J connectivity index is 2.01. The highest BCUT2D eigenvalue weighted by atomic mass is 32.2. The van der Waals surface area contributed by atoms with Gasteiger partial charge in [-0.25, -0.2) is 8.42 Å². The molecule has 0 aromatic heterocycles. The SMILES string of the molecule is CCC(=O)c1ccc(OC2CCS(=O)(=O)C2)cc1. The number of ether oxygens (including phenoxy) is 1. The highest BCUT2D eigenvalue weighted by Gasteiger charge is 2.29. The Morgan fingerprint density at radius 3 is 2.50 bits per heavy atom. The molecule has 1 aliphatic heterocycles. The van der Waals surface area contributed by atoms with Crippen LogP contribution in [0.15, 0.2) is 24.3 Å². The standard InChI is InChI=1S/C13H16O4S/c1-2-13(14)10-3-5-11(6-4-10)17-12-7-8-18(15,16)9-12/h3-6,12H,2,7-9H2,1H3. The molecule has 1 aliphatic rings. The summed E-state index contributed by atoms with van der Waals surface area (Å²) in [6.07, 6.45) is 0.752. The van der Waals surface area contributed by atoms with Crippen LogP contribution in [-0.4, -0.2) is 31.8 Å². The second-order valence-electron chi connectivity index (χ2n) is 4.44. The molecule has 0 bridgehead atoms. The zero-order valence-corrected chi connectivity index (χ0v) is 11.1. The van der Waals surface area contributed by atoms with Gasteiger partial charge in [-0.3, -0.25) is 4.79 Å². The fourth-order valence-corrected chi connectivity index (χ4v) is 3.56. The van der Waals surface area contributed by atoms with E-state index in [0.29, 0.717) is 24.2 Å². The molecule has 2 rings (SSSR count). The van der Waals surface area contributed by atoms with Gasteiger partial charge in [-0.2, -0.15) is 0 Å². The predicted molar refractivity (Wildman–Crippen MR) is 68.8 cm³/mol. The number of carbonyl (C=O) groups is 1. The molecular weight excluding hydrogens is 252 g/mol. The van der Waals surface area contributed by atoms with Crippen LogP contribution in [0, 0.1) is 0 Å². The molecule has 1 fully saturated rings. The van der Waals surface area contributed by atoms with Gasteiger partial charge in [-0.05, 0) is 30.7 Å². The Morgan fingerprint density at radius 1 is 1.33 bits per heavy atom. The van der Waals surface area contributed by atoms with Gasteiger partial charge in [0.1, 0.15) is 11.9 Å². The van der Waals surface area contributed by atoms with Crippen LogP contribution in [0.1, 0.15) is 30.1 Å². The van der Waals surface area contributed by atoms with E-state index in [9.17, 15) is 13.2 Å². The van der Waals surface area contributed by atoms with Crippen molar-refractivity contribution in [2.75, 3.05) is 11.5 Å². The molecule has 0 aliphatic carbocycles. The Kier molecular flexibility index (Phi) is 3.71. The van der Waals surface area contributed by atoms with Gasteiger partial charge in [0.25, 0.3) is 0 Å². The van der Waals surface area contributed by atoms with Crippen molar-refractivity contribution in [1.29, 1.82) is 0 Å². The van der Waals surface area contributed by atoms with Crippen molar-refractivity contribution in [2.45, 2.75) is 25.9 Å². The average Bonchev–Trinajstić information content (AvgIpc) is 2.68. The van der Waals surface area contributed by atoms with Crippen LogP contribution < -0.4 is 4.74 Å². The number of rotatable bonds is 4. The van der Waals surface area contributed by atoms with Crippen LogP contribution in [0.25, 0.3) is 0 Å². The molecule has 5 heteroatoms. The number of sulfone groups is 1. The summed E-state index contributed by atoms with van der Waals surface area (Å²) in [5.41, 5.74) is 0.656. The number of hydrogen-bond donors (Lipinski definition) is 0. The average molecular weight is 268 g/mol. The summed E-state index contributed by atoms with van der Waals surface area (Å²) in [5.74, 6) is 0.988. The first kappa shape index (κ1) is 13.1. The monoisotopic (exact) mass is 268 g/mol. The summed E-state index contributed by atoms with van der Waals surface area (Å²) in [6, 6.07) is 6.86. The number of Topliss-reactive ketones (excluding diaryl/α,β-unsaturated/α-hetero) is 1. The van der Waals surface area contributed by atoms with E-state index in [1.165, 1.54) is 0 Å². The van der Waals surface area contributed by atoms with Gasteiger partial charge >= 0.3 is 0 Å². The van der Waals surface area contributed by atoms with Crippen molar-refractivity contribution >= 4 is 15.6 Å². The molecule has 98 valence electrons. The first-order valence-electron chi connectivity index (χ1n) is 6.00. The maximum atomic E-state index is 11.4. The van der Waals surface area contributed by atoms with Crippen molar-refractivity contribution in [1.82, 2.24) is 0 Å². The second kappa shape index (κ2) is 5.10. The third-order valence-corrected chi connectivity index (χ3v) is 4.73. The zero-order valence-electron chi connectivity index (χ0n) is 10.3. The van der Waals surface area contributed by atoms with Gasteiger partial charge in [0.15, 0.2) is 15.6 Å². The molecule has 1 aromatic carbocycles. The van der Waals surface area contributed by atoms with E-state index in [1.54, 1.807) is 24.3 Å². The topological polar surface area (TPSA) is 60.4 Å². The number of carbonyl (C=O) groups excluding carboxylic acids is 1. The van der Waals surface area contributed by atoms with Crippen LogP contribution in [-0.2, 0) is 9.84 Å². The maximum Gasteiger partial charge on any atom is 0.162 e. The van der Waals surface area contributed by atoms with E-state index in [2.05, 4.69) is 0 Å². The Bertz CT molecular complexity index is 531. The van der Waals surface area contributed by atoms with E-state index in [4.69, 9.17) is 4.74 Å². The van der Waals surface area contributed by atoms with Gasteiger partial charge in [0, 0.05) is 12.0 Å². The van der Waals surface area contributed by atoms with Crippen LogP contribution in [0.4, 0.5) is 0 Å². The van der Waals surface area contributed by atoms with Gasteiger partial charge in [0.2, 0.25) is 0 Å². The lowest BCUT2D eigenvalue weighted by Crippen LogP contribution is -2.17. The van der Waals surface area contributed by atoms with Crippen molar-refractivity contribution < 1.29 is 17.9 Å². The maximum absolute atomic E-state index is 11.4. The smallest absolute Gasteiger partial charge is 0.162 e. The highest BCUT2D eigenvalue weighted by molar-refractivity contribution is 7.91. The van der Waals surface area contributed by atoms with Crippen LogP contribution in [0.5, 0.6) is 5.75 Å². The van der Waals surface area contributed by atoms with Crippen molar-refractivity contribution in [2.24, 2.45) is 0 Å². The molecule has 1 aromatic rings. The summed E-state index contributed by atoms with van der Waals surface area (Å²) >= 11 is 0. The Hall–Kier alpha value is -1.36. The molecule has 1 heterocycles. The first-order chi connectivity index (χ1) is 8.50. The minimum absolute atomic E-state index is 0.0860. The highest BCUT2D eigenvalue weighted by Crippen LogP contribution is 2.20. The largest absolute Gasteiger partial charge is 0.489 e. The van der Waals surface area contributed by atoms with Crippen molar-refractivity contribution in [3.05, 3.63) is 29.8 Å². The third kappa shape index (κ3) is 3.10. The molecule has 0 saturated carbocycles. The van der Waals surface area contributed by atoms with Gasteiger partial charge < -0.3 is 4.74 Å². The van der Waals surface area contributed by atoms with Crippen molar-refractivity contribution in [3.8, 4) is 5.75 Å². The van der Waals surface area contributed by atoms with E-state index in [0.717, 1.165) is 0 Å². The van der Waals surface area contributed by atoms with Crippen LogP contribution >= 0.6 is 0 Å². The van der Waals surface area contributed by atoms with E-state index in [1.807, 2.05) is 6.92 Å². The minimum Gasteiger partial charge on any atom is -0.489 e. The molecule has 1 saturated heterocycles. The molecule has 0 spiro atoms. The molecule has 1 unspecified atom stereocenters. The van der Waals surface area contributed by atoms with E-state index < -0.39 is 9.84 Å². The summed E-state index contributed by atoms with van der Waals surface area (Å²) in [4.78, 5) is 11.4. The predicted octanol–water partition coefficient (Wildman–Crippen LogP) is 1.85. The summed E-state index contributed by atoms with van der Waals surface area (Å²) in [6.45, 7) is 1.82. The minimum atomic E-state index is -2.92. The molecule has 1 atom stereocenters. The quantitative estimate of drug-likeness (QED) is 0.782. The molecule has 0 radical (unpaired) electrons. The summed E-state index contributed by atoms with van der Waals surface area (Å²) in [7, 11) is -2.92. The van der Waals surface area contributed by atoms with E-state index in [-0.39, 0.29) is 23.4 Å². The lowest BCUT2D eigenvalue weighted by Gasteiger charge is -2.12. The Labute approximate surface area is 107 Å². The van der Waals surface area contributed by atoms with Crippen LogP contribution in [0.2, 0.25) is 0 Å². The normalized spacial score (nSPS) is 21.7. The van der Waals surface area contributed by atoms with Crippen molar-refractivity contribution in [3.63, 3.8) is 0 Å². The molecule has 18 heavy (non-hydrogen) atoms. The lowest BCUT2D eigenvalue weighted by atomic mass is 10.1. The first-order valence-corrected chi connectivity index (χ1v) is 7.82. The van der Waals surface area contributed by atoms with Crippen LogP contribution in [0.3, 0.4) is 0 Å². The Morgan fingerprint density at radius 2 is 2.00 bits per heavy atom. The van der Waals surface area contributed by atoms with Gasteiger partial charge in [0.05, 0.1) is 11.5 Å². The number of ketones is 1. The number of hydrogen-bond acceptors (Lipinski definition) is 4. The lowest BCUT2D eigenvalue weighted by molar-refractivity contribution is 0.0988. The van der Waals surface area contributed by atoms with Gasteiger partial charge in [-0.15, -0.1) is 0 Å². The fraction of sp³-hybridized carbons (Fsp3) is 0.462. The summed E-state index contributed by atoms with van der Waals surface area (Å²) < 4.78 is 28.2. The number of benzene rings is 1. The third-order valence-electron chi connectivity index (χ3n) is 2.99. The summed E-state index contributed by atoms with van der Waals surface area (Å²) in [5, 5.41) is 0. The van der Waals surface area contributed by atoms with Gasteiger partial charge in [-0.1, -0.05) is 6.92 Å². The van der Waals surface area contributed by atoms with E-state index >= 15 is 0 Å². The molecule has 0 amide bonds. The second-order valence-corrected chi connectivity index (χ2v) is 6.67. The molecule has 0 N–H and O–H groups in total. The molecular formula is C13H16O4S. The molecule has 4 nitrogen and oxygen atoms in total. The fourth-order valence-electron chi connectivity index (χ4n) is 1.97.